The summed E-state index contributed by atoms with van der Waals surface area (Å²) in [7, 11) is 0. The Morgan fingerprint density at radius 2 is 2.21 bits per heavy atom. The average Bonchev–Trinajstić information content (AvgIpc) is 2.12. The standard InChI is InChI=1S/C11H13ClO2/c1-3-14-11(13)7-9-5-4-8(2)10(12)6-9/h4-6H,3,7H2,1-2H3. The highest BCUT2D eigenvalue weighted by molar-refractivity contribution is 6.31. The number of ether oxygens (including phenoxy) is 1. The molecule has 1 rings (SSSR count). The van der Waals surface area contributed by atoms with Gasteiger partial charge in [0.05, 0.1) is 13.0 Å². The van der Waals surface area contributed by atoms with E-state index in [-0.39, 0.29) is 12.4 Å². The summed E-state index contributed by atoms with van der Waals surface area (Å²) in [4.78, 5) is 11.1. The number of esters is 1. The van der Waals surface area contributed by atoms with Crippen LogP contribution in [-0.4, -0.2) is 12.6 Å². The van der Waals surface area contributed by atoms with Gasteiger partial charge in [-0.1, -0.05) is 23.7 Å². The molecule has 0 aliphatic carbocycles. The highest BCUT2D eigenvalue weighted by Gasteiger charge is 2.04. The summed E-state index contributed by atoms with van der Waals surface area (Å²) in [6.45, 7) is 4.13. The summed E-state index contributed by atoms with van der Waals surface area (Å²) in [6.07, 6.45) is 0.286. The third-order valence-corrected chi connectivity index (χ3v) is 2.30. The first-order valence-corrected chi connectivity index (χ1v) is 4.92. The predicted octanol–water partition coefficient (Wildman–Crippen LogP) is 2.75. The van der Waals surface area contributed by atoms with E-state index in [1.807, 2.05) is 19.1 Å². The van der Waals surface area contributed by atoms with Crippen LogP contribution in [-0.2, 0) is 16.0 Å². The van der Waals surface area contributed by atoms with Crippen molar-refractivity contribution in [2.24, 2.45) is 0 Å². The van der Waals surface area contributed by atoms with E-state index in [0.717, 1.165) is 11.1 Å². The third kappa shape index (κ3) is 3.04. The van der Waals surface area contributed by atoms with Gasteiger partial charge in [0.2, 0.25) is 0 Å². The lowest BCUT2D eigenvalue weighted by Gasteiger charge is -2.03. The quantitative estimate of drug-likeness (QED) is 0.721. The Kier molecular flexibility index (Phi) is 3.96. The molecule has 0 spiro atoms. The maximum Gasteiger partial charge on any atom is 0.310 e. The lowest BCUT2D eigenvalue weighted by atomic mass is 10.1. The fourth-order valence-electron chi connectivity index (χ4n) is 1.13. The molecule has 2 nitrogen and oxygen atoms in total. The molecule has 0 atom stereocenters. The molecular weight excluding hydrogens is 200 g/mol. The van der Waals surface area contributed by atoms with Gasteiger partial charge in [0, 0.05) is 5.02 Å². The van der Waals surface area contributed by atoms with Crippen LogP contribution in [0.3, 0.4) is 0 Å². The van der Waals surface area contributed by atoms with Crippen LogP contribution >= 0.6 is 11.6 Å². The molecule has 76 valence electrons. The molecule has 0 heterocycles. The lowest BCUT2D eigenvalue weighted by molar-refractivity contribution is -0.142. The van der Waals surface area contributed by atoms with Crippen LogP contribution in [0.1, 0.15) is 18.1 Å². The zero-order valence-electron chi connectivity index (χ0n) is 8.34. The smallest absolute Gasteiger partial charge is 0.310 e. The Morgan fingerprint density at radius 1 is 1.50 bits per heavy atom. The van der Waals surface area contributed by atoms with E-state index in [2.05, 4.69) is 0 Å². The molecule has 0 radical (unpaired) electrons. The van der Waals surface area contributed by atoms with Gasteiger partial charge in [-0.2, -0.15) is 0 Å². The summed E-state index contributed by atoms with van der Waals surface area (Å²) in [6, 6.07) is 5.59. The maximum absolute atomic E-state index is 11.1. The molecule has 0 fully saturated rings. The van der Waals surface area contributed by atoms with Crippen molar-refractivity contribution in [1.29, 1.82) is 0 Å². The van der Waals surface area contributed by atoms with Crippen molar-refractivity contribution in [2.75, 3.05) is 6.61 Å². The largest absolute Gasteiger partial charge is 0.466 e. The molecule has 0 aromatic heterocycles. The van der Waals surface area contributed by atoms with E-state index in [4.69, 9.17) is 16.3 Å². The molecule has 3 heteroatoms. The number of rotatable bonds is 3. The summed E-state index contributed by atoms with van der Waals surface area (Å²) >= 11 is 5.92. The Bertz CT molecular complexity index is 334. The van der Waals surface area contributed by atoms with Crippen molar-refractivity contribution in [1.82, 2.24) is 0 Å². The number of halogens is 1. The van der Waals surface area contributed by atoms with Crippen LogP contribution < -0.4 is 0 Å². The molecule has 14 heavy (non-hydrogen) atoms. The molecule has 0 N–H and O–H groups in total. The highest BCUT2D eigenvalue weighted by atomic mass is 35.5. The topological polar surface area (TPSA) is 26.3 Å². The van der Waals surface area contributed by atoms with Gasteiger partial charge in [-0.3, -0.25) is 4.79 Å². The van der Waals surface area contributed by atoms with Crippen molar-refractivity contribution in [3.05, 3.63) is 34.3 Å². The SMILES string of the molecule is CCOC(=O)Cc1ccc(C)c(Cl)c1. The number of hydrogen-bond donors (Lipinski definition) is 0. The van der Waals surface area contributed by atoms with Crippen LogP contribution in [0.5, 0.6) is 0 Å². The highest BCUT2D eigenvalue weighted by Crippen LogP contribution is 2.17. The van der Waals surface area contributed by atoms with Crippen LogP contribution in [0, 0.1) is 6.92 Å². The van der Waals surface area contributed by atoms with Crippen molar-refractivity contribution in [3.63, 3.8) is 0 Å². The second kappa shape index (κ2) is 5.01. The molecule has 0 amide bonds. The minimum absolute atomic E-state index is 0.215. The van der Waals surface area contributed by atoms with Crippen molar-refractivity contribution < 1.29 is 9.53 Å². The van der Waals surface area contributed by atoms with Gasteiger partial charge in [0.15, 0.2) is 0 Å². The molecule has 0 bridgehead atoms. The molecule has 0 aliphatic rings. The zero-order chi connectivity index (χ0) is 10.6. The second-order valence-corrected chi connectivity index (χ2v) is 3.47. The van der Waals surface area contributed by atoms with Gasteiger partial charge >= 0.3 is 5.97 Å². The van der Waals surface area contributed by atoms with Crippen molar-refractivity contribution in [3.8, 4) is 0 Å². The van der Waals surface area contributed by atoms with E-state index in [9.17, 15) is 4.79 Å². The molecule has 1 aromatic carbocycles. The molecule has 0 aliphatic heterocycles. The average molecular weight is 213 g/mol. The molecule has 0 saturated heterocycles. The van der Waals surface area contributed by atoms with Crippen LogP contribution in [0.25, 0.3) is 0 Å². The first kappa shape index (κ1) is 11.1. The fraction of sp³-hybridized carbons (Fsp3) is 0.364. The maximum atomic E-state index is 11.1. The minimum atomic E-state index is -0.215. The summed E-state index contributed by atoms with van der Waals surface area (Å²) in [5.74, 6) is -0.215. The summed E-state index contributed by atoms with van der Waals surface area (Å²) in [5.41, 5.74) is 1.90. The van der Waals surface area contributed by atoms with Crippen LogP contribution in [0.4, 0.5) is 0 Å². The molecule has 0 unspecified atom stereocenters. The molecule has 0 saturated carbocycles. The first-order valence-electron chi connectivity index (χ1n) is 4.54. The number of aryl methyl sites for hydroxylation is 1. The molecule has 1 aromatic rings. The number of benzene rings is 1. The van der Waals surface area contributed by atoms with E-state index in [0.29, 0.717) is 11.6 Å². The Balaban J connectivity index is 2.68. The Morgan fingerprint density at radius 3 is 2.79 bits per heavy atom. The first-order chi connectivity index (χ1) is 6.63. The fourth-order valence-corrected chi connectivity index (χ4v) is 1.33. The Hall–Kier alpha value is -1.02. The van der Waals surface area contributed by atoms with Gasteiger partial charge in [0.1, 0.15) is 0 Å². The van der Waals surface area contributed by atoms with Gasteiger partial charge < -0.3 is 4.74 Å². The third-order valence-electron chi connectivity index (χ3n) is 1.89. The Labute approximate surface area is 88.8 Å². The van der Waals surface area contributed by atoms with Crippen LogP contribution in [0.15, 0.2) is 18.2 Å². The van der Waals surface area contributed by atoms with E-state index < -0.39 is 0 Å². The summed E-state index contributed by atoms with van der Waals surface area (Å²) < 4.78 is 4.83. The van der Waals surface area contributed by atoms with E-state index >= 15 is 0 Å². The monoisotopic (exact) mass is 212 g/mol. The van der Waals surface area contributed by atoms with Gasteiger partial charge in [-0.25, -0.2) is 0 Å². The number of carbonyl (C=O) groups is 1. The van der Waals surface area contributed by atoms with E-state index in [1.165, 1.54) is 0 Å². The summed E-state index contributed by atoms with van der Waals surface area (Å²) in [5, 5.41) is 0.687. The van der Waals surface area contributed by atoms with Crippen molar-refractivity contribution >= 4 is 17.6 Å². The lowest BCUT2D eigenvalue weighted by Crippen LogP contribution is -2.07. The van der Waals surface area contributed by atoms with Crippen molar-refractivity contribution in [2.45, 2.75) is 20.3 Å². The zero-order valence-corrected chi connectivity index (χ0v) is 9.10. The second-order valence-electron chi connectivity index (χ2n) is 3.07. The van der Waals surface area contributed by atoms with Gasteiger partial charge in [-0.05, 0) is 31.0 Å². The van der Waals surface area contributed by atoms with Crippen LogP contribution in [0.2, 0.25) is 5.02 Å². The van der Waals surface area contributed by atoms with Gasteiger partial charge in [0.25, 0.3) is 0 Å². The number of hydrogen-bond acceptors (Lipinski definition) is 2. The van der Waals surface area contributed by atoms with E-state index in [1.54, 1.807) is 13.0 Å². The minimum Gasteiger partial charge on any atom is -0.466 e. The predicted molar refractivity (Wildman–Crippen MR) is 56.5 cm³/mol. The van der Waals surface area contributed by atoms with Gasteiger partial charge in [-0.15, -0.1) is 0 Å². The molecular formula is C11H13ClO2. The normalized spacial score (nSPS) is 9.93. The number of carbonyl (C=O) groups excluding carboxylic acids is 1.